The van der Waals surface area contributed by atoms with Gasteiger partial charge in [-0.3, -0.25) is 14.8 Å². The molecular weight excluding hydrogens is 353 g/mol. The van der Waals surface area contributed by atoms with Crippen molar-refractivity contribution >= 4 is 11.5 Å². The number of Topliss-reactive ketones (excluding diaryl/α,β-unsaturated/α-hetero) is 1. The number of alkyl halides is 2. The second kappa shape index (κ2) is 6.59. The summed E-state index contributed by atoms with van der Waals surface area (Å²) in [4.78, 5) is 20.9. The first-order valence-electron chi connectivity index (χ1n) is 9.01. The number of rotatable bonds is 6. The molecule has 4 rings (SSSR count). The molecule has 27 heavy (non-hydrogen) atoms. The van der Waals surface area contributed by atoms with Crippen molar-refractivity contribution in [2.24, 2.45) is 10.9 Å². The minimum Gasteiger partial charge on any atom is -0.299 e. The Morgan fingerprint density at radius 2 is 2.00 bits per heavy atom. The monoisotopic (exact) mass is 372 g/mol. The van der Waals surface area contributed by atoms with Crippen LogP contribution in [0, 0.1) is 11.7 Å². The Balaban J connectivity index is 1.39. The van der Waals surface area contributed by atoms with Gasteiger partial charge in [-0.25, -0.2) is 13.2 Å². The second-order valence-corrected chi connectivity index (χ2v) is 7.42. The zero-order chi connectivity index (χ0) is 19.2. The van der Waals surface area contributed by atoms with Gasteiger partial charge in [0, 0.05) is 36.7 Å². The number of fused-ring (bicyclic) bond motifs is 1. The van der Waals surface area contributed by atoms with Crippen molar-refractivity contribution in [3.63, 3.8) is 0 Å². The van der Waals surface area contributed by atoms with Gasteiger partial charge in [0.1, 0.15) is 11.6 Å². The second-order valence-electron chi connectivity index (χ2n) is 7.42. The Morgan fingerprint density at radius 1 is 1.30 bits per heavy atom. The quantitative estimate of drug-likeness (QED) is 0.750. The first kappa shape index (κ1) is 17.9. The topological polar surface area (TPSA) is 42.3 Å². The molecule has 1 aliphatic carbocycles. The summed E-state index contributed by atoms with van der Waals surface area (Å²) in [6.07, 6.45) is 1.95. The summed E-state index contributed by atoms with van der Waals surface area (Å²) in [5, 5.41) is 0. The van der Waals surface area contributed by atoms with Gasteiger partial charge in [0.15, 0.2) is 0 Å². The number of aromatic nitrogens is 1. The molecule has 1 aromatic carbocycles. The predicted octanol–water partition coefficient (Wildman–Crippen LogP) is 4.48. The highest BCUT2D eigenvalue weighted by Crippen LogP contribution is 2.51. The fourth-order valence-electron chi connectivity index (χ4n) is 3.59. The average Bonchev–Trinajstić information content (AvgIpc) is 3.06. The van der Waals surface area contributed by atoms with Crippen LogP contribution in [0.4, 0.5) is 13.2 Å². The van der Waals surface area contributed by atoms with E-state index in [0.717, 1.165) is 11.1 Å². The van der Waals surface area contributed by atoms with E-state index in [1.807, 2.05) is 6.92 Å². The third-order valence-electron chi connectivity index (χ3n) is 5.25. The number of carbonyl (C=O) groups is 1. The molecule has 2 aromatic rings. The molecule has 1 saturated carbocycles. The molecule has 2 heterocycles. The smallest absolute Gasteiger partial charge is 0.257 e. The molecular formula is C21H19F3N2O. The molecule has 0 spiro atoms. The molecule has 2 atom stereocenters. The summed E-state index contributed by atoms with van der Waals surface area (Å²) in [6, 6.07) is 7.95. The van der Waals surface area contributed by atoms with Gasteiger partial charge < -0.3 is 0 Å². The summed E-state index contributed by atoms with van der Waals surface area (Å²) in [5.74, 6) is -3.72. The van der Waals surface area contributed by atoms with Crippen molar-refractivity contribution in [2.45, 2.75) is 44.6 Å². The first-order valence-corrected chi connectivity index (χ1v) is 9.01. The predicted molar refractivity (Wildman–Crippen MR) is 95.7 cm³/mol. The highest BCUT2D eigenvalue weighted by atomic mass is 19.3. The number of halogens is 3. The number of aliphatic imine (C=N–C) groups is 1. The van der Waals surface area contributed by atoms with Crippen LogP contribution < -0.4 is 0 Å². The van der Waals surface area contributed by atoms with E-state index in [4.69, 9.17) is 0 Å². The number of ketones is 1. The Hall–Kier alpha value is -2.50. The number of carbonyl (C=O) groups excluding carboxylic acids is 1. The lowest BCUT2D eigenvalue weighted by Crippen LogP contribution is -2.11. The van der Waals surface area contributed by atoms with Crippen molar-refractivity contribution in [2.75, 3.05) is 0 Å². The summed E-state index contributed by atoms with van der Waals surface area (Å²) >= 11 is 0. The molecule has 1 fully saturated rings. The van der Waals surface area contributed by atoms with Gasteiger partial charge in [0.05, 0.1) is 18.2 Å². The van der Waals surface area contributed by atoms with E-state index in [1.165, 1.54) is 12.1 Å². The van der Waals surface area contributed by atoms with Gasteiger partial charge in [0.25, 0.3) is 5.92 Å². The molecule has 3 nitrogen and oxygen atoms in total. The van der Waals surface area contributed by atoms with Crippen LogP contribution in [0.25, 0.3) is 0 Å². The molecule has 1 unspecified atom stereocenters. The van der Waals surface area contributed by atoms with Crippen molar-refractivity contribution in [1.82, 2.24) is 4.98 Å². The zero-order valence-electron chi connectivity index (χ0n) is 14.9. The van der Waals surface area contributed by atoms with E-state index in [0.29, 0.717) is 29.9 Å². The maximum Gasteiger partial charge on any atom is 0.257 e. The van der Waals surface area contributed by atoms with Crippen LogP contribution >= 0.6 is 0 Å². The summed E-state index contributed by atoms with van der Waals surface area (Å²) < 4.78 is 39.6. The number of benzene rings is 1. The highest BCUT2D eigenvalue weighted by Gasteiger charge is 2.60. The lowest BCUT2D eigenvalue weighted by atomic mass is 9.94. The Morgan fingerprint density at radius 3 is 2.67 bits per heavy atom. The SMILES string of the molecule is C[C@@H](CC(=O)Cc1cc2c(cn1)C(C1CC1(F)F)=NC2)c1ccc(F)cc1. The Bertz CT molecular complexity index is 922. The summed E-state index contributed by atoms with van der Waals surface area (Å²) in [6.45, 7) is 2.30. The van der Waals surface area contributed by atoms with Crippen LogP contribution in [0.15, 0.2) is 41.5 Å². The lowest BCUT2D eigenvalue weighted by molar-refractivity contribution is -0.118. The average molecular weight is 372 g/mol. The zero-order valence-corrected chi connectivity index (χ0v) is 14.9. The van der Waals surface area contributed by atoms with Crippen molar-refractivity contribution in [3.05, 3.63) is 64.7 Å². The third-order valence-corrected chi connectivity index (χ3v) is 5.25. The summed E-state index contributed by atoms with van der Waals surface area (Å²) in [7, 11) is 0. The number of hydrogen-bond donors (Lipinski definition) is 0. The van der Waals surface area contributed by atoms with Gasteiger partial charge in [0.2, 0.25) is 0 Å². The third kappa shape index (κ3) is 3.66. The maximum absolute atomic E-state index is 13.3. The molecule has 0 bridgehead atoms. The van der Waals surface area contributed by atoms with Crippen molar-refractivity contribution in [1.29, 1.82) is 0 Å². The van der Waals surface area contributed by atoms with Gasteiger partial charge >= 0.3 is 0 Å². The minimum atomic E-state index is -2.65. The molecule has 6 heteroatoms. The van der Waals surface area contributed by atoms with E-state index in [9.17, 15) is 18.0 Å². The number of nitrogens with zero attached hydrogens (tertiary/aromatic N) is 2. The van der Waals surface area contributed by atoms with Gasteiger partial charge in [-0.05, 0) is 35.2 Å². The minimum absolute atomic E-state index is 0.0143. The molecule has 0 N–H and O–H groups in total. The van der Waals surface area contributed by atoms with Crippen LogP contribution in [0.3, 0.4) is 0 Å². The Labute approximate surface area is 155 Å². The number of pyridine rings is 1. The van der Waals surface area contributed by atoms with Crippen LogP contribution in [-0.4, -0.2) is 22.4 Å². The van der Waals surface area contributed by atoms with Crippen LogP contribution in [0.1, 0.15) is 48.1 Å². The van der Waals surface area contributed by atoms with Gasteiger partial charge in [-0.1, -0.05) is 19.1 Å². The van der Waals surface area contributed by atoms with Crippen LogP contribution in [0.2, 0.25) is 0 Å². The van der Waals surface area contributed by atoms with Crippen LogP contribution in [-0.2, 0) is 17.8 Å². The fraction of sp³-hybridized carbons (Fsp3) is 0.381. The van der Waals surface area contributed by atoms with E-state index in [2.05, 4.69) is 9.98 Å². The van der Waals surface area contributed by atoms with Crippen molar-refractivity contribution in [3.8, 4) is 0 Å². The molecule has 0 radical (unpaired) electrons. The van der Waals surface area contributed by atoms with E-state index in [-0.39, 0.29) is 30.4 Å². The molecule has 1 aliphatic heterocycles. The van der Waals surface area contributed by atoms with E-state index in [1.54, 1.807) is 24.4 Å². The van der Waals surface area contributed by atoms with Crippen molar-refractivity contribution < 1.29 is 18.0 Å². The van der Waals surface area contributed by atoms with Crippen LogP contribution in [0.5, 0.6) is 0 Å². The van der Waals surface area contributed by atoms with E-state index < -0.39 is 11.8 Å². The maximum atomic E-state index is 13.3. The van der Waals surface area contributed by atoms with E-state index >= 15 is 0 Å². The molecule has 140 valence electrons. The van der Waals surface area contributed by atoms with Gasteiger partial charge in [-0.2, -0.15) is 0 Å². The standard InChI is InChI=1S/C21H19F3N2O/c1-12(13-2-4-15(22)5-3-13)6-17(27)8-16-7-14-10-26-20(18(14)11-25-16)19-9-21(19,23)24/h2-5,7,11-12,19H,6,8-10H2,1H3/t12-,19?/m0/s1. The molecule has 0 saturated heterocycles. The number of hydrogen-bond acceptors (Lipinski definition) is 3. The highest BCUT2D eigenvalue weighted by molar-refractivity contribution is 6.07. The Kier molecular flexibility index (Phi) is 4.36. The molecule has 2 aliphatic rings. The first-order chi connectivity index (χ1) is 12.8. The lowest BCUT2D eigenvalue weighted by Gasteiger charge is -2.11. The largest absolute Gasteiger partial charge is 0.299 e. The fourth-order valence-corrected chi connectivity index (χ4v) is 3.59. The molecule has 0 amide bonds. The normalized spacial score (nSPS) is 20.7. The molecule has 1 aromatic heterocycles. The van der Waals surface area contributed by atoms with Gasteiger partial charge in [-0.15, -0.1) is 0 Å². The summed E-state index contributed by atoms with van der Waals surface area (Å²) in [5.41, 5.74) is 3.54.